The van der Waals surface area contributed by atoms with Gasteiger partial charge in [0.1, 0.15) is 0 Å². The van der Waals surface area contributed by atoms with Crippen molar-refractivity contribution in [2.24, 2.45) is 0 Å². The van der Waals surface area contributed by atoms with E-state index in [0.29, 0.717) is 20.6 Å². The molecule has 1 saturated heterocycles. The molecule has 0 bridgehead atoms. The lowest BCUT2D eigenvalue weighted by Gasteiger charge is -2.15. The Kier molecular flexibility index (Phi) is 6.35. The third-order valence-corrected chi connectivity index (χ3v) is 6.13. The minimum atomic E-state index is -0.361. The van der Waals surface area contributed by atoms with Gasteiger partial charge in [0.2, 0.25) is 0 Å². The summed E-state index contributed by atoms with van der Waals surface area (Å²) in [6.45, 7) is 0.00355. The van der Waals surface area contributed by atoms with E-state index in [1.165, 1.54) is 0 Å². The van der Waals surface area contributed by atoms with Crippen LogP contribution in [0.4, 0.5) is 10.5 Å². The lowest BCUT2D eigenvalue weighted by atomic mass is 10.2. The SMILES string of the molecule is O=C1S/C(=C\c2ccc(Br)cc2Br)C(=O)N1CNc1cc(Cl)ccc1Cl. The molecule has 3 rings (SSSR count). The number of carbonyl (C=O) groups excluding carboxylic acids is 2. The number of benzene rings is 2. The molecule has 2 aromatic carbocycles. The summed E-state index contributed by atoms with van der Waals surface area (Å²) in [6.07, 6.45) is 1.69. The quantitative estimate of drug-likeness (QED) is 0.446. The normalized spacial score (nSPS) is 15.8. The Labute approximate surface area is 181 Å². The number of hydrogen-bond acceptors (Lipinski definition) is 4. The van der Waals surface area contributed by atoms with E-state index in [0.717, 1.165) is 31.2 Å². The van der Waals surface area contributed by atoms with Crippen molar-refractivity contribution in [1.82, 2.24) is 4.90 Å². The Balaban J connectivity index is 1.76. The Morgan fingerprint density at radius 2 is 1.88 bits per heavy atom. The summed E-state index contributed by atoms with van der Waals surface area (Å²) < 4.78 is 1.74. The molecule has 1 aliphatic heterocycles. The van der Waals surface area contributed by atoms with Crippen molar-refractivity contribution >= 4 is 89.7 Å². The number of hydrogen-bond donors (Lipinski definition) is 1. The van der Waals surface area contributed by atoms with Crippen molar-refractivity contribution in [3.8, 4) is 0 Å². The van der Waals surface area contributed by atoms with Gasteiger partial charge in [-0.3, -0.25) is 14.5 Å². The van der Waals surface area contributed by atoms with E-state index in [9.17, 15) is 9.59 Å². The van der Waals surface area contributed by atoms with Gasteiger partial charge in [-0.15, -0.1) is 0 Å². The molecular weight excluding hydrogens is 527 g/mol. The second kappa shape index (κ2) is 8.35. The van der Waals surface area contributed by atoms with Gasteiger partial charge in [-0.1, -0.05) is 61.1 Å². The van der Waals surface area contributed by atoms with Crippen LogP contribution in [-0.2, 0) is 4.79 Å². The molecule has 0 spiro atoms. The Hall–Kier alpha value is -0.990. The second-order valence-electron chi connectivity index (χ2n) is 5.23. The average Bonchev–Trinajstić information content (AvgIpc) is 2.85. The van der Waals surface area contributed by atoms with E-state index in [1.54, 1.807) is 24.3 Å². The van der Waals surface area contributed by atoms with Gasteiger partial charge in [0.05, 0.1) is 22.3 Å². The number of anilines is 1. The maximum absolute atomic E-state index is 12.6. The molecule has 2 amide bonds. The van der Waals surface area contributed by atoms with E-state index in [2.05, 4.69) is 37.2 Å². The fourth-order valence-corrected chi connectivity index (χ4v) is 4.54. The lowest BCUT2D eigenvalue weighted by molar-refractivity contribution is -0.122. The van der Waals surface area contributed by atoms with Gasteiger partial charge in [0, 0.05) is 14.0 Å². The van der Waals surface area contributed by atoms with Crippen LogP contribution in [0.2, 0.25) is 10.0 Å². The summed E-state index contributed by atoms with van der Waals surface area (Å²) in [4.78, 5) is 26.3. The summed E-state index contributed by atoms with van der Waals surface area (Å²) >= 11 is 19.8. The van der Waals surface area contributed by atoms with Crippen molar-refractivity contribution in [2.75, 3.05) is 12.0 Å². The first-order chi connectivity index (χ1) is 12.3. The minimum Gasteiger partial charge on any atom is -0.366 e. The highest BCUT2D eigenvalue weighted by Gasteiger charge is 2.35. The number of halogens is 4. The first kappa shape index (κ1) is 19.8. The molecule has 1 N–H and O–H groups in total. The molecule has 0 unspecified atom stereocenters. The smallest absolute Gasteiger partial charge is 0.295 e. The van der Waals surface area contributed by atoms with Crippen LogP contribution in [0.25, 0.3) is 6.08 Å². The molecule has 26 heavy (non-hydrogen) atoms. The number of nitrogens with one attached hydrogen (secondary N) is 1. The van der Waals surface area contributed by atoms with Gasteiger partial charge >= 0.3 is 0 Å². The number of rotatable bonds is 4. The van der Waals surface area contributed by atoms with Crippen molar-refractivity contribution in [1.29, 1.82) is 0 Å². The standard InChI is InChI=1S/C17H10Br2Cl2N2O2S/c18-10-2-1-9(12(19)6-10)5-15-16(24)23(17(25)26-15)8-22-14-7-11(20)3-4-13(14)21/h1-7,22H,8H2/b15-5-. The Morgan fingerprint density at radius 3 is 2.62 bits per heavy atom. The fourth-order valence-electron chi connectivity index (χ4n) is 2.19. The molecule has 1 heterocycles. The van der Waals surface area contributed by atoms with Crippen LogP contribution in [0.3, 0.4) is 0 Å². The first-order valence-electron chi connectivity index (χ1n) is 7.24. The van der Waals surface area contributed by atoms with Crippen molar-refractivity contribution < 1.29 is 9.59 Å². The maximum Gasteiger partial charge on any atom is 0.295 e. The van der Waals surface area contributed by atoms with Crippen molar-refractivity contribution in [3.63, 3.8) is 0 Å². The van der Waals surface area contributed by atoms with Gasteiger partial charge in [-0.05, 0) is 53.7 Å². The van der Waals surface area contributed by atoms with Crippen LogP contribution in [0, 0.1) is 0 Å². The summed E-state index contributed by atoms with van der Waals surface area (Å²) in [5.41, 5.74) is 1.36. The van der Waals surface area contributed by atoms with E-state index in [-0.39, 0.29) is 17.8 Å². The second-order valence-corrected chi connectivity index (χ2v) is 8.84. The predicted octanol–water partition coefficient (Wildman–Crippen LogP) is 6.62. The highest BCUT2D eigenvalue weighted by molar-refractivity contribution is 9.11. The molecule has 4 nitrogen and oxygen atoms in total. The van der Waals surface area contributed by atoms with E-state index >= 15 is 0 Å². The third-order valence-electron chi connectivity index (χ3n) is 3.48. The van der Waals surface area contributed by atoms with Crippen LogP contribution in [0.5, 0.6) is 0 Å². The molecule has 134 valence electrons. The zero-order valence-corrected chi connectivity index (χ0v) is 18.4. The fraction of sp³-hybridized carbons (Fsp3) is 0.0588. The zero-order chi connectivity index (χ0) is 18.8. The summed E-state index contributed by atoms with van der Waals surface area (Å²) in [6, 6.07) is 10.5. The Morgan fingerprint density at radius 1 is 1.12 bits per heavy atom. The van der Waals surface area contributed by atoms with Crippen LogP contribution < -0.4 is 5.32 Å². The molecule has 1 fully saturated rings. The molecule has 0 radical (unpaired) electrons. The number of nitrogens with zero attached hydrogens (tertiary/aromatic N) is 1. The molecule has 0 atom stereocenters. The highest BCUT2D eigenvalue weighted by Crippen LogP contribution is 2.34. The number of thioether (sulfide) groups is 1. The van der Waals surface area contributed by atoms with Crippen LogP contribution >= 0.6 is 66.8 Å². The monoisotopic (exact) mass is 534 g/mol. The summed E-state index contributed by atoms with van der Waals surface area (Å²) in [5, 5.41) is 3.58. The van der Waals surface area contributed by atoms with Gasteiger partial charge in [-0.25, -0.2) is 0 Å². The molecular formula is C17H10Br2Cl2N2O2S. The average molecular weight is 537 g/mol. The third kappa shape index (κ3) is 4.46. The molecule has 0 saturated carbocycles. The number of imide groups is 1. The first-order valence-corrected chi connectivity index (χ1v) is 10.4. The topological polar surface area (TPSA) is 49.4 Å². The summed E-state index contributed by atoms with van der Waals surface area (Å²) in [7, 11) is 0. The predicted molar refractivity (Wildman–Crippen MR) is 115 cm³/mol. The van der Waals surface area contributed by atoms with Crippen molar-refractivity contribution in [2.45, 2.75) is 0 Å². The number of amides is 2. The molecule has 2 aromatic rings. The van der Waals surface area contributed by atoms with Gasteiger partial charge in [-0.2, -0.15) is 0 Å². The number of carbonyl (C=O) groups is 2. The highest BCUT2D eigenvalue weighted by atomic mass is 79.9. The van der Waals surface area contributed by atoms with Crippen LogP contribution in [0.1, 0.15) is 5.56 Å². The van der Waals surface area contributed by atoms with E-state index in [4.69, 9.17) is 23.2 Å². The van der Waals surface area contributed by atoms with Crippen LogP contribution in [-0.4, -0.2) is 22.7 Å². The van der Waals surface area contributed by atoms with Gasteiger partial charge < -0.3 is 5.32 Å². The van der Waals surface area contributed by atoms with E-state index in [1.807, 2.05) is 18.2 Å². The summed E-state index contributed by atoms with van der Waals surface area (Å²) in [5.74, 6) is -0.361. The molecule has 0 aliphatic carbocycles. The van der Waals surface area contributed by atoms with Crippen molar-refractivity contribution in [3.05, 3.63) is 65.9 Å². The minimum absolute atomic E-state index is 0.00355. The van der Waals surface area contributed by atoms with E-state index < -0.39 is 0 Å². The maximum atomic E-state index is 12.6. The zero-order valence-electron chi connectivity index (χ0n) is 12.9. The largest absolute Gasteiger partial charge is 0.366 e. The molecule has 9 heteroatoms. The Bertz CT molecular complexity index is 937. The lowest BCUT2D eigenvalue weighted by Crippen LogP contribution is -2.33. The van der Waals surface area contributed by atoms with Crippen LogP contribution in [0.15, 0.2) is 50.2 Å². The molecule has 0 aromatic heterocycles. The molecule has 1 aliphatic rings. The van der Waals surface area contributed by atoms with Gasteiger partial charge in [0.15, 0.2) is 0 Å². The van der Waals surface area contributed by atoms with Gasteiger partial charge in [0.25, 0.3) is 11.1 Å².